The van der Waals surface area contributed by atoms with E-state index in [1.54, 1.807) is 24.3 Å². The van der Waals surface area contributed by atoms with Crippen molar-refractivity contribution in [2.24, 2.45) is 0 Å². The number of nitrogens with two attached hydrogens (primary N) is 1. The Morgan fingerprint density at radius 1 is 0.944 bits per heavy atom. The summed E-state index contributed by atoms with van der Waals surface area (Å²) in [6.07, 6.45) is 0. The zero-order chi connectivity index (χ0) is 13.3. The van der Waals surface area contributed by atoms with Crippen LogP contribution in [0, 0.1) is 0 Å². The highest BCUT2D eigenvalue weighted by atomic mass is 35.5. The number of benzene rings is 2. The maximum atomic E-state index is 12.2. The summed E-state index contributed by atoms with van der Waals surface area (Å²) in [4.78, 5) is 12.2. The van der Waals surface area contributed by atoms with E-state index in [1.807, 2.05) is 0 Å². The fourth-order valence-corrected chi connectivity index (χ4v) is 2.22. The number of ketones is 1. The lowest BCUT2D eigenvalue weighted by molar-refractivity contribution is 0.103. The predicted molar refractivity (Wildman–Crippen MR) is 75.8 cm³/mol. The monoisotopic (exact) mass is 299 g/mol. The number of rotatable bonds is 2. The molecule has 0 unspecified atom stereocenters. The maximum Gasteiger partial charge on any atom is 0.194 e. The van der Waals surface area contributed by atoms with Crippen LogP contribution in [0.4, 0.5) is 5.69 Å². The average Bonchev–Trinajstić information content (AvgIpc) is 2.35. The summed E-state index contributed by atoms with van der Waals surface area (Å²) in [6, 6.07) is 9.74. The Kier molecular flexibility index (Phi) is 3.81. The number of halogens is 3. The van der Waals surface area contributed by atoms with Crippen molar-refractivity contribution in [3.63, 3.8) is 0 Å². The third-order valence-electron chi connectivity index (χ3n) is 2.46. The third kappa shape index (κ3) is 2.46. The molecule has 0 heterocycles. The minimum atomic E-state index is -0.246. The van der Waals surface area contributed by atoms with Crippen LogP contribution in [0.15, 0.2) is 36.4 Å². The molecule has 0 aliphatic heterocycles. The first-order chi connectivity index (χ1) is 8.50. The Bertz CT molecular complexity index is 602. The molecule has 2 aromatic rings. The van der Waals surface area contributed by atoms with Crippen molar-refractivity contribution in [3.05, 3.63) is 62.6 Å². The quantitative estimate of drug-likeness (QED) is 0.657. The lowest BCUT2D eigenvalue weighted by Gasteiger charge is -2.07. The van der Waals surface area contributed by atoms with Gasteiger partial charge in [0.05, 0.1) is 20.8 Å². The van der Waals surface area contributed by atoms with E-state index in [1.165, 1.54) is 12.1 Å². The summed E-state index contributed by atoms with van der Waals surface area (Å²) >= 11 is 17.8. The molecule has 2 nitrogen and oxygen atoms in total. The molecule has 0 saturated carbocycles. The molecule has 0 bridgehead atoms. The van der Waals surface area contributed by atoms with E-state index >= 15 is 0 Å². The first kappa shape index (κ1) is 13.2. The second-order valence-electron chi connectivity index (χ2n) is 3.66. The van der Waals surface area contributed by atoms with Gasteiger partial charge in [0.25, 0.3) is 0 Å². The highest BCUT2D eigenvalue weighted by Gasteiger charge is 2.15. The molecule has 0 fully saturated rings. The molecule has 2 rings (SSSR count). The summed E-state index contributed by atoms with van der Waals surface area (Å²) in [7, 11) is 0. The molecule has 0 aromatic heterocycles. The lowest BCUT2D eigenvalue weighted by atomic mass is 10.0. The fraction of sp³-hybridized carbons (Fsp3) is 0. The minimum absolute atomic E-state index is 0.246. The highest BCUT2D eigenvalue weighted by molar-refractivity contribution is 6.40. The average molecular weight is 301 g/mol. The van der Waals surface area contributed by atoms with Gasteiger partial charge < -0.3 is 5.73 Å². The molecular weight excluding hydrogens is 293 g/mol. The van der Waals surface area contributed by atoms with Gasteiger partial charge in [-0.05, 0) is 24.3 Å². The molecule has 0 atom stereocenters. The van der Waals surface area contributed by atoms with E-state index in [0.717, 1.165) is 0 Å². The fourth-order valence-electron chi connectivity index (χ4n) is 1.52. The largest absolute Gasteiger partial charge is 0.396 e. The number of hydrogen-bond acceptors (Lipinski definition) is 2. The maximum absolute atomic E-state index is 12.2. The summed E-state index contributed by atoms with van der Waals surface area (Å²) in [5.74, 6) is -0.246. The van der Waals surface area contributed by atoms with Crippen molar-refractivity contribution >= 4 is 46.3 Å². The van der Waals surface area contributed by atoms with E-state index in [0.29, 0.717) is 16.1 Å². The van der Waals surface area contributed by atoms with Crippen LogP contribution in [0.3, 0.4) is 0 Å². The normalized spacial score (nSPS) is 10.4. The van der Waals surface area contributed by atoms with E-state index in [-0.39, 0.29) is 21.5 Å². The van der Waals surface area contributed by atoms with E-state index in [2.05, 4.69) is 0 Å². The van der Waals surface area contributed by atoms with Crippen molar-refractivity contribution in [1.82, 2.24) is 0 Å². The number of carbonyl (C=O) groups excluding carboxylic acids is 1. The number of nitrogen functional groups attached to an aromatic ring is 1. The Hall–Kier alpha value is -1.22. The van der Waals surface area contributed by atoms with Gasteiger partial charge in [0, 0.05) is 11.1 Å². The van der Waals surface area contributed by atoms with E-state index in [4.69, 9.17) is 40.5 Å². The molecule has 0 saturated heterocycles. The molecule has 92 valence electrons. The van der Waals surface area contributed by atoms with Crippen molar-refractivity contribution in [3.8, 4) is 0 Å². The van der Waals surface area contributed by atoms with Crippen molar-refractivity contribution in [2.75, 3.05) is 5.73 Å². The van der Waals surface area contributed by atoms with Crippen molar-refractivity contribution < 1.29 is 4.79 Å². The molecule has 0 aliphatic rings. The molecule has 0 amide bonds. The Morgan fingerprint density at radius 2 is 1.50 bits per heavy atom. The van der Waals surface area contributed by atoms with Crippen LogP contribution in [0.5, 0.6) is 0 Å². The Morgan fingerprint density at radius 3 is 2.06 bits per heavy atom. The third-order valence-corrected chi connectivity index (χ3v) is 3.41. The number of anilines is 1. The Labute approximate surface area is 119 Å². The van der Waals surface area contributed by atoms with Crippen molar-refractivity contribution in [2.45, 2.75) is 0 Å². The van der Waals surface area contributed by atoms with Gasteiger partial charge in [0.15, 0.2) is 5.78 Å². The van der Waals surface area contributed by atoms with Gasteiger partial charge in [-0.1, -0.05) is 46.9 Å². The van der Waals surface area contributed by atoms with Crippen LogP contribution < -0.4 is 5.73 Å². The lowest BCUT2D eigenvalue weighted by Crippen LogP contribution is -2.03. The zero-order valence-corrected chi connectivity index (χ0v) is 11.4. The van der Waals surface area contributed by atoms with Gasteiger partial charge in [0.2, 0.25) is 0 Å². The Balaban J connectivity index is 2.51. The SMILES string of the molecule is Nc1c(Cl)cc(C(=O)c2ccccc2Cl)cc1Cl. The predicted octanol–water partition coefficient (Wildman–Crippen LogP) is 4.46. The molecule has 2 aromatic carbocycles. The molecule has 5 heteroatoms. The second-order valence-corrected chi connectivity index (χ2v) is 4.88. The number of carbonyl (C=O) groups is 1. The smallest absolute Gasteiger partial charge is 0.194 e. The van der Waals surface area contributed by atoms with Gasteiger partial charge in [-0.25, -0.2) is 0 Å². The molecule has 0 spiro atoms. The summed E-state index contributed by atoms with van der Waals surface area (Å²) in [6.45, 7) is 0. The van der Waals surface area contributed by atoms with Gasteiger partial charge >= 0.3 is 0 Å². The van der Waals surface area contributed by atoms with Gasteiger partial charge in [0.1, 0.15) is 0 Å². The first-order valence-electron chi connectivity index (χ1n) is 5.04. The molecule has 0 aliphatic carbocycles. The van der Waals surface area contributed by atoms with Gasteiger partial charge in [-0.3, -0.25) is 4.79 Å². The zero-order valence-electron chi connectivity index (χ0n) is 9.08. The van der Waals surface area contributed by atoms with Gasteiger partial charge in [-0.15, -0.1) is 0 Å². The molecule has 18 heavy (non-hydrogen) atoms. The standard InChI is InChI=1S/C13H8Cl3NO/c14-9-4-2-1-3-8(9)13(18)7-5-10(15)12(17)11(16)6-7/h1-6H,17H2. The summed E-state index contributed by atoms with van der Waals surface area (Å²) in [5.41, 5.74) is 6.63. The van der Waals surface area contributed by atoms with Crippen LogP contribution >= 0.6 is 34.8 Å². The van der Waals surface area contributed by atoms with Gasteiger partial charge in [-0.2, -0.15) is 0 Å². The molecule has 0 radical (unpaired) electrons. The highest BCUT2D eigenvalue weighted by Crippen LogP contribution is 2.30. The molecular formula is C13H8Cl3NO. The van der Waals surface area contributed by atoms with Crippen LogP contribution in [0.25, 0.3) is 0 Å². The topological polar surface area (TPSA) is 43.1 Å². The second kappa shape index (κ2) is 5.19. The van der Waals surface area contributed by atoms with Crippen LogP contribution in [-0.4, -0.2) is 5.78 Å². The number of hydrogen-bond donors (Lipinski definition) is 1. The van der Waals surface area contributed by atoms with Crippen molar-refractivity contribution in [1.29, 1.82) is 0 Å². The molecule has 2 N–H and O–H groups in total. The summed E-state index contributed by atoms with van der Waals surface area (Å²) < 4.78 is 0. The van der Waals surface area contributed by atoms with E-state index in [9.17, 15) is 4.79 Å². The van der Waals surface area contributed by atoms with E-state index < -0.39 is 0 Å². The van der Waals surface area contributed by atoms with Crippen LogP contribution in [0.2, 0.25) is 15.1 Å². The minimum Gasteiger partial charge on any atom is -0.396 e. The summed E-state index contributed by atoms with van der Waals surface area (Å²) in [5, 5.41) is 0.877. The van der Waals surface area contributed by atoms with Crippen LogP contribution in [-0.2, 0) is 0 Å². The first-order valence-corrected chi connectivity index (χ1v) is 6.18. The van der Waals surface area contributed by atoms with Crippen LogP contribution in [0.1, 0.15) is 15.9 Å².